The van der Waals surface area contributed by atoms with Crippen LogP contribution in [0.3, 0.4) is 0 Å². The van der Waals surface area contributed by atoms with E-state index in [4.69, 9.17) is 11.6 Å². The molecule has 0 N–H and O–H groups in total. The smallest absolute Gasteiger partial charge is 0.150 e. The molecule has 0 aliphatic carbocycles. The first-order chi connectivity index (χ1) is 6.11. The summed E-state index contributed by atoms with van der Waals surface area (Å²) in [5.41, 5.74) is 0. The lowest BCUT2D eigenvalue weighted by atomic mass is 9.88. The van der Waals surface area contributed by atoms with Crippen LogP contribution in [0.1, 0.15) is 33.1 Å². The Morgan fingerprint density at radius 1 is 1.69 bits per heavy atom. The number of halogens is 1. The lowest BCUT2D eigenvalue weighted by Gasteiger charge is -2.36. The molecule has 1 fully saturated rings. The minimum atomic E-state index is 0.190. The fraction of sp³-hybridized carbons (Fsp3) is 0.900. The number of hydrogen-bond acceptors (Lipinski definition) is 2. The second-order valence-electron chi connectivity index (χ2n) is 3.94. The molecule has 1 heterocycles. The first kappa shape index (κ1) is 11.4. The third-order valence-corrected chi connectivity index (χ3v) is 4.79. The highest BCUT2D eigenvalue weighted by atomic mass is 35.5. The van der Waals surface area contributed by atoms with Crippen molar-refractivity contribution in [3.63, 3.8) is 0 Å². The van der Waals surface area contributed by atoms with Crippen molar-refractivity contribution in [2.75, 3.05) is 11.6 Å². The number of thioether (sulfide) groups is 1. The van der Waals surface area contributed by atoms with Gasteiger partial charge in [0, 0.05) is 10.7 Å². The van der Waals surface area contributed by atoms with Gasteiger partial charge in [-0.25, -0.2) is 0 Å². The molecule has 76 valence electrons. The van der Waals surface area contributed by atoms with Crippen LogP contribution in [-0.4, -0.2) is 22.2 Å². The van der Waals surface area contributed by atoms with Gasteiger partial charge in [-0.15, -0.1) is 11.6 Å². The highest BCUT2D eigenvalue weighted by molar-refractivity contribution is 8.00. The highest BCUT2D eigenvalue weighted by Crippen LogP contribution is 2.41. The maximum absolute atomic E-state index is 11.4. The van der Waals surface area contributed by atoms with Gasteiger partial charge in [-0.3, -0.25) is 4.79 Å². The van der Waals surface area contributed by atoms with E-state index in [1.54, 1.807) is 0 Å². The quantitative estimate of drug-likeness (QED) is 0.680. The zero-order valence-corrected chi connectivity index (χ0v) is 9.88. The Morgan fingerprint density at radius 2 is 2.38 bits per heavy atom. The maximum atomic E-state index is 11.4. The summed E-state index contributed by atoms with van der Waals surface area (Å²) in [5.74, 6) is 1.76. The van der Waals surface area contributed by atoms with E-state index in [-0.39, 0.29) is 17.6 Å². The van der Waals surface area contributed by atoms with Crippen LogP contribution in [0, 0.1) is 5.92 Å². The Kier molecular flexibility index (Phi) is 4.11. The van der Waals surface area contributed by atoms with Gasteiger partial charge in [-0.2, -0.15) is 11.8 Å². The van der Waals surface area contributed by atoms with E-state index in [1.807, 2.05) is 11.8 Å². The van der Waals surface area contributed by atoms with Crippen molar-refractivity contribution in [2.45, 2.75) is 37.9 Å². The molecule has 2 atom stereocenters. The lowest BCUT2D eigenvalue weighted by molar-refractivity contribution is -0.121. The first-order valence-electron chi connectivity index (χ1n) is 4.84. The van der Waals surface area contributed by atoms with Gasteiger partial charge in [0.25, 0.3) is 0 Å². The largest absolute Gasteiger partial charge is 0.298 e. The summed E-state index contributed by atoms with van der Waals surface area (Å²) < 4.78 is 0.310. The molecular formula is C10H17ClOS. The Labute approximate surface area is 89.6 Å². The van der Waals surface area contributed by atoms with Crippen LogP contribution in [0.2, 0.25) is 0 Å². The van der Waals surface area contributed by atoms with Crippen molar-refractivity contribution < 1.29 is 4.79 Å². The van der Waals surface area contributed by atoms with Crippen LogP contribution >= 0.6 is 23.4 Å². The van der Waals surface area contributed by atoms with Crippen LogP contribution in [-0.2, 0) is 4.79 Å². The van der Waals surface area contributed by atoms with Gasteiger partial charge in [0.15, 0.2) is 5.78 Å². The molecule has 1 aliphatic rings. The van der Waals surface area contributed by atoms with Gasteiger partial charge >= 0.3 is 0 Å². The number of rotatable bonds is 3. The highest BCUT2D eigenvalue weighted by Gasteiger charge is 2.33. The molecule has 0 unspecified atom stereocenters. The van der Waals surface area contributed by atoms with Crippen LogP contribution in [0.15, 0.2) is 0 Å². The molecule has 1 rings (SSSR count). The van der Waals surface area contributed by atoms with Crippen LogP contribution < -0.4 is 0 Å². The number of Topliss-reactive ketones (excluding diaryl/α,β-unsaturated/α-hetero) is 1. The van der Waals surface area contributed by atoms with E-state index in [9.17, 15) is 4.79 Å². The van der Waals surface area contributed by atoms with Crippen molar-refractivity contribution in [3.8, 4) is 0 Å². The molecule has 0 radical (unpaired) electrons. The monoisotopic (exact) mass is 220 g/mol. The normalized spacial score (nSPS) is 34.5. The number of hydrogen-bond donors (Lipinski definition) is 0. The molecule has 0 spiro atoms. The molecule has 0 aromatic carbocycles. The maximum Gasteiger partial charge on any atom is 0.150 e. The van der Waals surface area contributed by atoms with Crippen molar-refractivity contribution >= 4 is 29.1 Å². The average Bonchev–Trinajstić information content (AvgIpc) is 2.17. The van der Waals surface area contributed by atoms with Gasteiger partial charge in [-0.1, -0.05) is 13.8 Å². The molecular weight excluding hydrogens is 204 g/mol. The van der Waals surface area contributed by atoms with Crippen molar-refractivity contribution in [1.29, 1.82) is 0 Å². The van der Waals surface area contributed by atoms with E-state index in [0.717, 1.165) is 25.0 Å². The Balaban J connectivity index is 2.56. The van der Waals surface area contributed by atoms with Gasteiger partial charge < -0.3 is 0 Å². The zero-order chi connectivity index (χ0) is 9.90. The van der Waals surface area contributed by atoms with Crippen molar-refractivity contribution in [1.82, 2.24) is 0 Å². The zero-order valence-electron chi connectivity index (χ0n) is 8.31. The van der Waals surface area contributed by atoms with Gasteiger partial charge in [0.05, 0.1) is 5.88 Å². The van der Waals surface area contributed by atoms with Gasteiger partial charge in [0.1, 0.15) is 0 Å². The van der Waals surface area contributed by atoms with Crippen molar-refractivity contribution in [3.05, 3.63) is 0 Å². The Morgan fingerprint density at radius 3 is 2.92 bits per heavy atom. The number of alkyl halides is 1. The fourth-order valence-corrected chi connectivity index (χ4v) is 3.40. The lowest BCUT2D eigenvalue weighted by Crippen LogP contribution is -2.33. The third-order valence-electron chi connectivity index (χ3n) is 2.93. The Hall–Kier alpha value is 0.310. The van der Waals surface area contributed by atoms with E-state index < -0.39 is 0 Å². The molecule has 1 aliphatic heterocycles. The molecule has 0 amide bonds. The van der Waals surface area contributed by atoms with Gasteiger partial charge in [-0.05, 0) is 25.0 Å². The first-order valence-corrected chi connectivity index (χ1v) is 6.36. The predicted molar refractivity (Wildman–Crippen MR) is 59.6 cm³/mol. The summed E-state index contributed by atoms with van der Waals surface area (Å²) in [4.78, 5) is 11.4. The molecule has 1 saturated heterocycles. The summed E-state index contributed by atoms with van der Waals surface area (Å²) in [6, 6.07) is 0. The summed E-state index contributed by atoms with van der Waals surface area (Å²) in [7, 11) is 0. The molecule has 0 saturated carbocycles. The number of carbonyl (C=O) groups excluding carboxylic acids is 1. The van der Waals surface area contributed by atoms with Crippen molar-refractivity contribution in [2.24, 2.45) is 5.92 Å². The second kappa shape index (κ2) is 4.70. The predicted octanol–water partition coefficient (Wildman–Crippen LogP) is 3.11. The molecule has 3 heteroatoms. The van der Waals surface area contributed by atoms with E-state index >= 15 is 0 Å². The topological polar surface area (TPSA) is 17.1 Å². The average molecular weight is 221 g/mol. The molecule has 13 heavy (non-hydrogen) atoms. The SMILES string of the molecule is CC[C@@]1(C)C[C@@H](C(=O)CCl)CCS1. The Bertz CT molecular complexity index is 195. The van der Waals surface area contributed by atoms with Gasteiger partial charge in [0.2, 0.25) is 0 Å². The fourth-order valence-electron chi connectivity index (χ4n) is 1.76. The minimum Gasteiger partial charge on any atom is -0.298 e. The van der Waals surface area contributed by atoms with Crippen LogP contribution in [0.25, 0.3) is 0 Å². The molecule has 0 aromatic rings. The summed E-state index contributed by atoms with van der Waals surface area (Å²) in [6.45, 7) is 4.45. The second-order valence-corrected chi connectivity index (χ2v) is 5.89. The third kappa shape index (κ3) is 2.88. The van der Waals surface area contributed by atoms with Crippen LogP contribution in [0.5, 0.6) is 0 Å². The van der Waals surface area contributed by atoms with Crippen LogP contribution in [0.4, 0.5) is 0 Å². The number of ketones is 1. The summed E-state index contributed by atoms with van der Waals surface area (Å²) >= 11 is 7.57. The minimum absolute atomic E-state index is 0.190. The standard InChI is InChI=1S/C10H17ClOS/c1-3-10(2)6-8(4-5-13-10)9(12)7-11/h8H,3-7H2,1-2H3/t8-,10-/m0/s1. The molecule has 0 bridgehead atoms. The number of carbonyl (C=O) groups is 1. The summed E-state index contributed by atoms with van der Waals surface area (Å²) in [5, 5.41) is 0. The van der Waals surface area contributed by atoms with E-state index in [0.29, 0.717) is 4.75 Å². The molecule has 0 aromatic heterocycles. The molecule has 1 nitrogen and oxygen atoms in total. The van der Waals surface area contributed by atoms with E-state index in [2.05, 4.69) is 13.8 Å². The van der Waals surface area contributed by atoms with E-state index in [1.165, 1.54) is 0 Å². The summed E-state index contributed by atoms with van der Waals surface area (Å²) in [6.07, 6.45) is 3.18.